The first-order valence-electron chi connectivity index (χ1n) is 5.34. The molecule has 94 valence electrons. The lowest BCUT2D eigenvalue weighted by Gasteiger charge is -2.34. The molecule has 17 heavy (non-hydrogen) atoms. The van der Waals surface area contributed by atoms with Gasteiger partial charge in [-0.2, -0.15) is 0 Å². The van der Waals surface area contributed by atoms with Crippen LogP contribution in [0, 0.1) is 0 Å². The maximum absolute atomic E-state index is 12.1. The molecule has 0 aliphatic heterocycles. The summed E-state index contributed by atoms with van der Waals surface area (Å²) in [4.78, 5) is 12.1. The number of carbonyl (C=O) groups is 1. The van der Waals surface area contributed by atoms with Crippen LogP contribution in [0.25, 0.3) is 0 Å². The Morgan fingerprint density at radius 1 is 1.24 bits per heavy atom. The van der Waals surface area contributed by atoms with Gasteiger partial charge in [-0.05, 0) is 32.9 Å². The van der Waals surface area contributed by atoms with Crippen LogP contribution in [-0.4, -0.2) is 34.3 Å². The summed E-state index contributed by atoms with van der Waals surface area (Å²) in [6, 6.07) is 6.47. The van der Waals surface area contributed by atoms with E-state index in [-0.39, 0.29) is 0 Å². The molecule has 0 heterocycles. The fraction of sp³-hybridized carbons (Fsp3) is 0.462. The van der Waals surface area contributed by atoms with E-state index in [4.69, 9.17) is 4.74 Å². The van der Waals surface area contributed by atoms with Crippen molar-refractivity contribution in [2.24, 2.45) is 0 Å². The summed E-state index contributed by atoms with van der Waals surface area (Å²) in [6.45, 7) is 4.09. The van der Waals surface area contributed by atoms with Crippen molar-refractivity contribution >= 4 is 5.78 Å². The number of rotatable bonds is 4. The Morgan fingerprint density at radius 3 is 2.29 bits per heavy atom. The van der Waals surface area contributed by atoms with Gasteiger partial charge in [0, 0.05) is 5.56 Å². The molecule has 0 aliphatic rings. The fourth-order valence-corrected chi connectivity index (χ4v) is 1.32. The van der Waals surface area contributed by atoms with Crippen LogP contribution in [0.3, 0.4) is 0 Å². The minimum atomic E-state index is -1.85. The number of benzene rings is 1. The van der Waals surface area contributed by atoms with Gasteiger partial charge in [-0.3, -0.25) is 4.79 Å². The highest BCUT2D eigenvalue weighted by molar-refractivity contribution is 6.03. The predicted octanol–water partition coefficient (Wildman–Crippen LogP) is 1.40. The summed E-state index contributed by atoms with van der Waals surface area (Å²) in [5.41, 5.74) is -3.07. The second kappa shape index (κ2) is 4.47. The molecule has 0 saturated heterocycles. The average molecular weight is 238 g/mol. The van der Waals surface area contributed by atoms with Crippen LogP contribution in [0.4, 0.5) is 0 Å². The van der Waals surface area contributed by atoms with E-state index in [9.17, 15) is 15.0 Å². The molecule has 0 aliphatic carbocycles. The van der Waals surface area contributed by atoms with Gasteiger partial charge in [-0.25, -0.2) is 0 Å². The van der Waals surface area contributed by atoms with Crippen molar-refractivity contribution in [2.75, 3.05) is 7.11 Å². The van der Waals surface area contributed by atoms with E-state index in [2.05, 4.69) is 0 Å². The monoisotopic (exact) mass is 238 g/mol. The van der Waals surface area contributed by atoms with Gasteiger partial charge >= 0.3 is 0 Å². The van der Waals surface area contributed by atoms with Crippen molar-refractivity contribution in [3.05, 3.63) is 29.8 Å². The van der Waals surface area contributed by atoms with Gasteiger partial charge in [-0.1, -0.05) is 12.1 Å². The summed E-state index contributed by atoms with van der Waals surface area (Å²) in [5, 5.41) is 19.9. The highest BCUT2D eigenvalue weighted by atomic mass is 16.5. The molecule has 1 rings (SSSR count). The molecule has 1 aromatic rings. The zero-order chi connectivity index (χ0) is 13.3. The van der Waals surface area contributed by atoms with Gasteiger partial charge in [0.25, 0.3) is 0 Å². The minimum absolute atomic E-state index is 0.302. The van der Waals surface area contributed by atoms with Crippen molar-refractivity contribution in [2.45, 2.75) is 32.0 Å². The number of hydrogen-bond donors (Lipinski definition) is 2. The summed E-state index contributed by atoms with van der Waals surface area (Å²) < 4.78 is 5.01. The van der Waals surface area contributed by atoms with Crippen LogP contribution in [0.1, 0.15) is 31.1 Å². The molecule has 0 amide bonds. The molecule has 4 nitrogen and oxygen atoms in total. The first-order valence-corrected chi connectivity index (χ1v) is 5.34. The van der Waals surface area contributed by atoms with Crippen molar-refractivity contribution in [1.82, 2.24) is 0 Å². The smallest absolute Gasteiger partial charge is 0.197 e. The van der Waals surface area contributed by atoms with E-state index >= 15 is 0 Å². The van der Waals surface area contributed by atoms with Gasteiger partial charge in [0.15, 0.2) is 11.4 Å². The van der Waals surface area contributed by atoms with E-state index in [1.807, 2.05) is 0 Å². The van der Waals surface area contributed by atoms with Gasteiger partial charge in [0.2, 0.25) is 0 Å². The molecule has 1 aromatic carbocycles. The SMILES string of the molecule is COc1cccc(C(=O)C(C)(O)C(C)(C)O)c1. The quantitative estimate of drug-likeness (QED) is 0.778. The van der Waals surface area contributed by atoms with E-state index < -0.39 is 17.0 Å². The molecule has 0 fully saturated rings. The van der Waals surface area contributed by atoms with Crippen LogP contribution in [0.5, 0.6) is 5.75 Å². The highest BCUT2D eigenvalue weighted by Gasteiger charge is 2.44. The molecule has 0 spiro atoms. The molecule has 0 saturated carbocycles. The zero-order valence-corrected chi connectivity index (χ0v) is 10.5. The Bertz CT molecular complexity index is 416. The van der Waals surface area contributed by atoms with Crippen LogP contribution >= 0.6 is 0 Å². The molecule has 2 N–H and O–H groups in total. The Labute approximate surface area is 101 Å². The number of ether oxygens (including phenoxy) is 1. The Hall–Kier alpha value is -1.39. The maximum Gasteiger partial charge on any atom is 0.197 e. The summed E-state index contributed by atoms with van der Waals surface area (Å²) >= 11 is 0. The highest BCUT2D eigenvalue weighted by Crippen LogP contribution is 2.26. The molecule has 0 radical (unpaired) electrons. The lowest BCUT2D eigenvalue weighted by Crippen LogP contribution is -2.53. The third-order valence-electron chi connectivity index (χ3n) is 2.97. The molecular weight excluding hydrogens is 220 g/mol. The third-order valence-corrected chi connectivity index (χ3v) is 2.97. The first-order chi connectivity index (χ1) is 7.70. The zero-order valence-electron chi connectivity index (χ0n) is 10.5. The molecular formula is C13H18O4. The lowest BCUT2D eigenvalue weighted by molar-refractivity contribution is -0.0927. The fourth-order valence-electron chi connectivity index (χ4n) is 1.32. The van der Waals surface area contributed by atoms with E-state index in [0.717, 1.165) is 0 Å². The summed E-state index contributed by atoms with van der Waals surface area (Å²) in [7, 11) is 1.50. The lowest BCUT2D eigenvalue weighted by atomic mass is 9.81. The number of aliphatic hydroxyl groups is 2. The van der Waals surface area contributed by atoms with Crippen molar-refractivity contribution in [3.63, 3.8) is 0 Å². The molecule has 0 aromatic heterocycles. The van der Waals surface area contributed by atoms with Crippen molar-refractivity contribution in [3.8, 4) is 5.75 Å². The minimum Gasteiger partial charge on any atom is -0.497 e. The van der Waals surface area contributed by atoms with E-state index in [1.165, 1.54) is 33.9 Å². The number of Topliss-reactive ketones (excluding diaryl/α,β-unsaturated/α-hetero) is 1. The average Bonchev–Trinajstić information content (AvgIpc) is 2.26. The summed E-state index contributed by atoms with van der Waals surface area (Å²) in [6.07, 6.45) is 0. The van der Waals surface area contributed by atoms with Crippen LogP contribution in [-0.2, 0) is 0 Å². The van der Waals surface area contributed by atoms with Crippen molar-refractivity contribution < 1.29 is 19.7 Å². The molecule has 1 unspecified atom stereocenters. The number of hydrogen-bond acceptors (Lipinski definition) is 4. The van der Waals surface area contributed by atoms with Gasteiger partial charge < -0.3 is 14.9 Å². The van der Waals surface area contributed by atoms with Crippen LogP contribution < -0.4 is 4.74 Å². The largest absolute Gasteiger partial charge is 0.497 e. The number of methoxy groups -OCH3 is 1. The number of carbonyl (C=O) groups excluding carboxylic acids is 1. The van der Waals surface area contributed by atoms with Gasteiger partial charge in [0.05, 0.1) is 12.7 Å². The molecule has 1 atom stereocenters. The maximum atomic E-state index is 12.1. The second-order valence-electron chi connectivity index (χ2n) is 4.69. The van der Waals surface area contributed by atoms with Crippen LogP contribution in [0.15, 0.2) is 24.3 Å². The summed E-state index contributed by atoms with van der Waals surface area (Å²) in [5.74, 6) is -0.00806. The Balaban J connectivity index is 3.12. The molecule has 0 bridgehead atoms. The first kappa shape index (κ1) is 13.7. The van der Waals surface area contributed by atoms with Crippen LogP contribution in [0.2, 0.25) is 0 Å². The topological polar surface area (TPSA) is 66.8 Å². The second-order valence-corrected chi connectivity index (χ2v) is 4.69. The third kappa shape index (κ3) is 2.65. The van der Waals surface area contributed by atoms with E-state index in [0.29, 0.717) is 11.3 Å². The Kier molecular flexibility index (Phi) is 3.59. The normalized spacial score (nSPS) is 15.2. The predicted molar refractivity (Wildman–Crippen MR) is 64.2 cm³/mol. The van der Waals surface area contributed by atoms with Gasteiger partial charge in [0.1, 0.15) is 5.75 Å². The number of ketones is 1. The van der Waals surface area contributed by atoms with Gasteiger partial charge in [-0.15, -0.1) is 0 Å². The Morgan fingerprint density at radius 2 is 1.82 bits per heavy atom. The van der Waals surface area contributed by atoms with E-state index in [1.54, 1.807) is 18.2 Å². The molecule has 4 heteroatoms. The van der Waals surface area contributed by atoms with Crippen molar-refractivity contribution in [1.29, 1.82) is 0 Å². The standard InChI is InChI=1S/C13H18O4/c1-12(2,15)13(3,16)11(14)9-6-5-7-10(8-9)17-4/h5-8,15-16H,1-4H3.